The Morgan fingerprint density at radius 3 is 2.92 bits per heavy atom. The van der Waals surface area contributed by atoms with Crippen LogP contribution < -0.4 is 0 Å². The molecule has 1 atom stereocenters. The minimum Gasteiger partial charge on any atom is -0.367 e. The number of ether oxygens (including phenoxy) is 1. The summed E-state index contributed by atoms with van der Waals surface area (Å²) in [7, 11) is 0. The quantitative estimate of drug-likeness (QED) is 0.676. The third kappa shape index (κ3) is 4.30. The second kappa shape index (κ2) is 8.16. The van der Waals surface area contributed by atoms with Crippen molar-refractivity contribution in [3.63, 3.8) is 0 Å². The van der Waals surface area contributed by atoms with Crippen LogP contribution in [0.25, 0.3) is 11.4 Å². The van der Waals surface area contributed by atoms with E-state index in [-0.39, 0.29) is 6.10 Å². The van der Waals surface area contributed by atoms with E-state index in [0.29, 0.717) is 18.3 Å². The van der Waals surface area contributed by atoms with E-state index in [0.717, 1.165) is 43.7 Å². The first-order valence-electron chi connectivity index (χ1n) is 8.84. The zero-order valence-electron chi connectivity index (χ0n) is 14.5. The lowest BCUT2D eigenvalue weighted by Crippen LogP contribution is -2.39. The highest BCUT2D eigenvalue weighted by atomic mass is 16.5. The van der Waals surface area contributed by atoms with Crippen LogP contribution in [0.1, 0.15) is 24.4 Å². The number of pyridine rings is 2. The van der Waals surface area contributed by atoms with E-state index in [9.17, 15) is 0 Å². The van der Waals surface area contributed by atoms with Gasteiger partial charge in [0.05, 0.1) is 11.8 Å². The number of likely N-dealkylation sites (tertiary alicyclic amines) is 1. The number of nitrogens with zero attached hydrogens (tertiary/aromatic N) is 5. The molecule has 7 heteroatoms. The number of rotatable bonds is 6. The van der Waals surface area contributed by atoms with Crippen LogP contribution in [0.15, 0.2) is 53.4 Å². The van der Waals surface area contributed by atoms with Crippen molar-refractivity contribution in [3.8, 4) is 11.4 Å². The molecule has 7 nitrogen and oxygen atoms in total. The lowest BCUT2D eigenvalue weighted by Gasteiger charge is -2.32. The zero-order chi connectivity index (χ0) is 17.6. The largest absolute Gasteiger partial charge is 0.367 e. The molecule has 0 amide bonds. The second-order valence-electron chi connectivity index (χ2n) is 6.38. The molecule has 0 aliphatic carbocycles. The lowest BCUT2D eigenvalue weighted by molar-refractivity contribution is -0.0213. The van der Waals surface area contributed by atoms with Crippen LogP contribution in [0.4, 0.5) is 0 Å². The van der Waals surface area contributed by atoms with Crippen LogP contribution in [-0.2, 0) is 17.9 Å². The van der Waals surface area contributed by atoms with Crippen LogP contribution in [0.2, 0.25) is 0 Å². The van der Waals surface area contributed by atoms with E-state index in [4.69, 9.17) is 9.26 Å². The molecule has 0 bridgehead atoms. The summed E-state index contributed by atoms with van der Waals surface area (Å²) in [5, 5.41) is 4.01. The molecule has 0 saturated carbocycles. The maximum atomic E-state index is 6.02. The van der Waals surface area contributed by atoms with Crippen LogP contribution in [0, 0.1) is 0 Å². The van der Waals surface area contributed by atoms with Crippen molar-refractivity contribution in [1.29, 1.82) is 0 Å². The van der Waals surface area contributed by atoms with Gasteiger partial charge in [-0.3, -0.25) is 14.9 Å². The van der Waals surface area contributed by atoms with Crippen molar-refractivity contribution in [2.45, 2.75) is 32.1 Å². The molecule has 1 unspecified atom stereocenters. The molecular weight excluding hydrogens is 330 g/mol. The van der Waals surface area contributed by atoms with Crippen LogP contribution >= 0.6 is 0 Å². The normalized spacial score (nSPS) is 18.1. The first-order valence-corrected chi connectivity index (χ1v) is 8.84. The molecule has 3 aromatic rings. The van der Waals surface area contributed by atoms with Crippen molar-refractivity contribution >= 4 is 0 Å². The second-order valence-corrected chi connectivity index (χ2v) is 6.38. The van der Waals surface area contributed by atoms with E-state index in [2.05, 4.69) is 31.1 Å². The van der Waals surface area contributed by atoms with E-state index in [1.807, 2.05) is 30.5 Å². The molecule has 0 spiro atoms. The lowest BCUT2D eigenvalue weighted by atomic mass is 10.1. The summed E-state index contributed by atoms with van der Waals surface area (Å²) >= 11 is 0. The monoisotopic (exact) mass is 351 g/mol. The molecule has 4 rings (SSSR count). The fourth-order valence-electron chi connectivity index (χ4n) is 3.13. The molecular formula is C19H21N5O2. The van der Waals surface area contributed by atoms with Crippen LogP contribution in [0.3, 0.4) is 0 Å². The summed E-state index contributed by atoms with van der Waals surface area (Å²) in [5.74, 6) is 1.06. The van der Waals surface area contributed by atoms with E-state index in [1.54, 1.807) is 12.4 Å². The Morgan fingerprint density at radius 1 is 1.15 bits per heavy atom. The highest BCUT2D eigenvalue weighted by Crippen LogP contribution is 2.18. The first-order chi connectivity index (χ1) is 12.9. The van der Waals surface area contributed by atoms with Gasteiger partial charge in [0.2, 0.25) is 5.82 Å². The van der Waals surface area contributed by atoms with Crippen molar-refractivity contribution < 1.29 is 9.26 Å². The topological polar surface area (TPSA) is 77.2 Å². The standard InChI is InChI=1S/C19H21N5O2/c1-2-8-21-16(4-1)12-24-11-3-5-17(13-24)25-14-18-22-19(23-26-18)15-6-9-20-10-7-15/h1-2,4,6-10,17H,3,5,11-14H2. The van der Waals surface area contributed by atoms with Gasteiger partial charge in [0.1, 0.15) is 6.61 Å². The number of aromatic nitrogens is 4. The average molecular weight is 351 g/mol. The van der Waals surface area contributed by atoms with Gasteiger partial charge < -0.3 is 9.26 Å². The minimum atomic E-state index is 0.170. The minimum absolute atomic E-state index is 0.170. The molecule has 1 aliphatic heterocycles. The Morgan fingerprint density at radius 2 is 2.08 bits per heavy atom. The van der Waals surface area contributed by atoms with E-state index < -0.39 is 0 Å². The molecule has 0 N–H and O–H groups in total. The Balaban J connectivity index is 1.30. The average Bonchev–Trinajstić information content (AvgIpc) is 3.17. The van der Waals surface area contributed by atoms with Crippen LogP contribution in [0.5, 0.6) is 0 Å². The Kier molecular flexibility index (Phi) is 5.27. The molecule has 1 saturated heterocycles. The Labute approximate surface area is 152 Å². The summed E-state index contributed by atoms with van der Waals surface area (Å²) in [4.78, 5) is 15.2. The predicted molar refractivity (Wildman–Crippen MR) is 94.9 cm³/mol. The molecule has 0 aromatic carbocycles. The third-order valence-electron chi connectivity index (χ3n) is 4.42. The Hall–Kier alpha value is -2.64. The van der Waals surface area contributed by atoms with E-state index in [1.165, 1.54) is 0 Å². The highest BCUT2D eigenvalue weighted by Gasteiger charge is 2.21. The van der Waals surface area contributed by atoms with Gasteiger partial charge in [0, 0.05) is 37.2 Å². The van der Waals surface area contributed by atoms with Crippen LogP contribution in [-0.4, -0.2) is 44.2 Å². The molecule has 26 heavy (non-hydrogen) atoms. The van der Waals surface area contributed by atoms with Gasteiger partial charge in [0.25, 0.3) is 5.89 Å². The summed E-state index contributed by atoms with van der Waals surface area (Å²) in [6.45, 7) is 3.15. The van der Waals surface area contributed by atoms with Crippen molar-refractivity contribution in [2.75, 3.05) is 13.1 Å². The molecule has 1 fully saturated rings. The van der Waals surface area contributed by atoms with E-state index >= 15 is 0 Å². The van der Waals surface area contributed by atoms with Gasteiger partial charge in [-0.05, 0) is 43.7 Å². The van der Waals surface area contributed by atoms with Gasteiger partial charge in [-0.2, -0.15) is 4.98 Å². The number of hydrogen-bond donors (Lipinski definition) is 0. The van der Waals surface area contributed by atoms with Crippen molar-refractivity contribution in [2.24, 2.45) is 0 Å². The third-order valence-corrected chi connectivity index (χ3v) is 4.42. The van der Waals surface area contributed by atoms with Gasteiger partial charge >= 0.3 is 0 Å². The number of hydrogen-bond acceptors (Lipinski definition) is 7. The van der Waals surface area contributed by atoms with Gasteiger partial charge in [-0.1, -0.05) is 11.2 Å². The molecule has 134 valence electrons. The molecule has 1 aliphatic rings. The molecule has 0 radical (unpaired) electrons. The fourth-order valence-corrected chi connectivity index (χ4v) is 3.13. The summed E-state index contributed by atoms with van der Waals surface area (Å²) in [6.07, 6.45) is 7.58. The van der Waals surface area contributed by atoms with Gasteiger partial charge in [-0.25, -0.2) is 0 Å². The maximum Gasteiger partial charge on any atom is 0.252 e. The van der Waals surface area contributed by atoms with Gasteiger partial charge in [-0.15, -0.1) is 0 Å². The summed E-state index contributed by atoms with van der Waals surface area (Å²) in [6, 6.07) is 9.73. The van der Waals surface area contributed by atoms with Crippen molar-refractivity contribution in [3.05, 3.63) is 60.5 Å². The SMILES string of the molecule is c1ccc(CN2CCCC(OCc3nc(-c4ccncc4)no3)C2)nc1. The van der Waals surface area contributed by atoms with Gasteiger partial charge in [0.15, 0.2) is 0 Å². The zero-order valence-corrected chi connectivity index (χ0v) is 14.5. The summed E-state index contributed by atoms with van der Waals surface area (Å²) in [5.41, 5.74) is 1.97. The molecule has 4 heterocycles. The number of piperidine rings is 1. The van der Waals surface area contributed by atoms with Crippen molar-refractivity contribution in [1.82, 2.24) is 25.0 Å². The maximum absolute atomic E-state index is 6.02. The highest BCUT2D eigenvalue weighted by molar-refractivity contribution is 5.52. The Bertz CT molecular complexity index is 809. The summed E-state index contributed by atoms with van der Waals surface area (Å²) < 4.78 is 11.3. The smallest absolute Gasteiger partial charge is 0.252 e. The molecule has 3 aromatic heterocycles. The fraction of sp³-hybridized carbons (Fsp3) is 0.368. The first kappa shape index (κ1) is 16.8. The predicted octanol–water partition coefficient (Wildman–Crippen LogP) is 2.71.